The SMILES string of the molecule is O=C(O)c1cc(-c2ccc3sccc3c2O)no1. The summed E-state index contributed by atoms with van der Waals surface area (Å²) in [5, 5.41) is 25.1. The number of carbonyl (C=O) groups is 1. The van der Waals surface area contributed by atoms with Crippen molar-refractivity contribution in [1.29, 1.82) is 0 Å². The van der Waals surface area contributed by atoms with Crippen molar-refractivity contribution in [2.75, 3.05) is 0 Å². The fourth-order valence-electron chi connectivity index (χ4n) is 1.74. The van der Waals surface area contributed by atoms with Crippen LogP contribution in [0, 0.1) is 0 Å². The van der Waals surface area contributed by atoms with Crippen LogP contribution in [-0.2, 0) is 0 Å². The fourth-order valence-corrected chi connectivity index (χ4v) is 2.53. The summed E-state index contributed by atoms with van der Waals surface area (Å²) in [7, 11) is 0. The van der Waals surface area contributed by atoms with Crippen LogP contribution in [0.4, 0.5) is 0 Å². The maximum atomic E-state index is 10.7. The van der Waals surface area contributed by atoms with Crippen LogP contribution in [0.15, 0.2) is 34.2 Å². The van der Waals surface area contributed by atoms with Crippen molar-refractivity contribution < 1.29 is 19.5 Å². The van der Waals surface area contributed by atoms with Crippen molar-refractivity contribution in [3.63, 3.8) is 0 Å². The Hall–Kier alpha value is -2.34. The summed E-state index contributed by atoms with van der Waals surface area (Å²) >= 11 is 1.52. The van der Waals surface area contributed by atoms with Gasteiger partial charge in [0.2, 0.25) is 5.76 Å². The first-order chi connectivity index (χ1) is 8.66. The molecule has 2 N–H and O–H groups in total. The molecule has 1 aromatic carbocycles. The molecule has 18 heavy (non-hydrogen) atoms. The molecule has 0 radical (unpaired) electrons. The molecule has 0 spiro atoms. The van der Waals surface area contributed by atoms with Gasteiger partial charge >= 0.3 is 5.97 Å². The molecule has 3 rings (SSSR count). The number of phenols is 1. The van der Waals surface area contributed by atoms with Gasteiger partial charge in [0.05, 0.1) is 0 Å². The van der Waals surface area contributed by atoms with Gasteiger partial charge in [-0.05, 0) is 23.6 Å². The van der Waals surface area contributed by atoms with Crippen LogP contribution in [0.5, 0.6) is 5.75 Å². The van der Waals surface area contributed by atoms with Gasteiger partial charge in [-0.25, -0.2) is 4.79 Å². The second kappa shape index (κ2) is 3.85. The van der Waals surface area contributed by atoms with E-state index in [1.54, 1.807) is 12.1 Å². The van der Waals surface area contributed by atoms with E-state index in [2.05, 4.69) is 9.68 Å². The number of thiophene rings is 1. The molecule has 0 aliphatic heterocycles. The first-order valence-electron chi connectivity index (χ1n) is 5.06. The second-order valence-electron chi connectivity index (χ2n) is 3.68. The largest absolute Gasteiger partial charge is 0.507 e. The number of hydrogen-bond donors (Lipinski definition) is 2. The molecular weight excluding hydrogens is 254 g/mol. The quantitative estimate of drug-likeness (QED) is 0.741. The Labute approximate surface area is 105 Å². The van der Waals surface area contributed by atoms with E-state index in [9.17, 15) is 9.90 Å². The average molecular weight is 261 g/mol. The van der Waals surface area contributed by atoms with E-state index in [-0.39, 0.29) is 11.5 Å². The van der Waals surface area contributed by atoms with E-state index in [1.165, 1.54) is 17.4 Å². The highest BCUT2D eigenvalue weighted by atomic mass is 32.1. The van der Waals surface area contributed by atoms with Crippen molar-refractivity contribution >= 4 is 27.4 Å². The van der Waals surface area contributed by atoms with Crippen LogP contribution in [0.1, 0.15) is 10.6 Å². The predicted molar refractivity (Wildman–Crippen MR) is 65.9 cm³/mol. The number of benzene rings is 1. The summed E-state index contributed by atoms with van der Waals surface area (Å²) in [6.07, 6.45) is 0. The Morgan fingerprint density at radius 2 is 2.17 bits per heavy atom. The lowest BCUT2D eigenvalue weighted by molar-refractivity contribution is 0.0652. The summed E-state index contributed by atoms with van der Waals surface area (Å²) in [4.78, 5) is 10.7. The third-order valence-electron chi connectivity index (χ3n) is 2.60. The average Bonchev–Trinajstić information content (AvgIpc) is 2.97. The maximum absolute atomic E-state index is 10.7. The molecule has 6 heteroatoms. The summed E-state index contributed by atoms with van der Waals surface area (Å²) < 4.78 is 5.63. The number of aromatic hydroxyl groups is 1. The van der Waals surface area contributed by atoms with Crippen LogP contribution in [0.25, 0.3) is 21.3 Å². The standard InChI is InChI=1S/C12H7NO4S/c14-11-6(1-2-10-7(11)3-4-18-10)8-5-9(12(15)16)17-13-8/h1-5,14H,(H,15,16). The van der Waals surface area contributed by atoms with Gasteiger partial charge in [0.1, 0.15) is 11.4 Å². The van der Waals surface area contributed by atoms with Crippen molar-refractivity contribution in [3.8, 4) is 17.0 Å². The lowest BCUT2D eigenvalue weighted by atomic mass is 10.1. The molecule has 0 bridgehead atoms. The number of aromatic carboxylic acids is 1. The van der Waals surface area contributed by atoms with Gasteiger partial charge in [0, 0.05) is 21.7 Å². The molecule has 90 valence electrons. The number of carboxylic acid groups (broad SMARTS) is 1. The molecule has 0 fully saturated rings. The fraction of sp³-hybridized carbons (Fsp3) is 0. The molecule has 0 unspecified atom stereocenters. The predicted octanol–water partition coefficient (Wildman–Crippen LogP) is 2.96. The first-order valence-corrected chi connectivity index (χ1v) is 5.94. The number of rotatable bonds is 2. The van der Waals surface area contributed by atoms with Crippen LogP contribution >= 0.6 is 11.3 Å². The highest BCUT2D eigenvalue weighted by Gasteiger charge is 2.16. The molecule has 5 nitrogen and oxygen atoms in total. The lowest BCUT2D eigenvalue weighted by Crippen LogP contribution is -1.91. The number of carboxylic acids is 1. The minimum Gasteiger partial charge on any atom is -0.507 e. The number of aromatic nitrogens is 1. The maximum Gasteiger partial charge on any atom is 0.374 e. The minimum atomic E-state index is -1.19. The Balaban J connectivity index is 2.18. The summed E-state index contributed by atoms with van der Waals surface area (Å²) in [6.45, 7) is 0. The Morgan fingerprint density at radius 1 is 1.33 bits per heavy atom. The van der Waals surface area contributed by atoms with E-state index in [1.807, 2.05) is 11.4 Å². The van der Waals surface area contributed by atoms with Gasteiger partial charge < -0.3 is 14.7 Å². The molecule has 0 atom stereocenters. The molecule has 0 aliphatic rings. The zero-order chi connectivity index (χ0) is 12.7. The van der Waals surface area contributed by atoms with E-state index in [0.717, 1.165) is 10.1 Å². The van der Waals surface area contributed by atoms with Gasteiger partial charge in [-0.1, -0.05) is 5.16 Å². The lowest BCUT2D eigenvalue weighted by Gasteiger charge is -2.01. The molecule has 0 aliphatic carbocycles. The number of fused-ring (bicyclic) bond motifs is 1. The van der Waals surface area contributed by atoms with E-state index in [0.29, 0.717) is 11.3 Å². The second-order valence-corrected chi connectivity index (χ2v) is 4.62. The molecule has 0 amide bonds. The van der Waals surface area contributed by atoms with Crippen LogP contribution in [0.2, 0.25) is 0 Å². The van der Waals surface area contributed by atoms with Crippen molar-refractivity contribution in [2.45, 2.75) is 0 Å². The highest BCUT2D eigenvalue weighted by Crippen LogP contribution is 2.37. The van der Waals surface area contributed by atoms with E-state index in [4.69, 9.17) is 5.11 Å². The molecule has 3 aromatic rings. The monoisotopic (exact) mass is 261 g/mol. The van der Waals surface area contributed by atoms with Gasteiger partial charge in [0.15, 0.2) is 0 Å². The normalized spacial score (nSPS) is 10.9. The molecule has 2 heterocycles. The van der Waals surface area contributed by atoms with Gasteiger partial charge in [-0.15, -0.1) is 11.3 Å². The van der Waals surface area contributed by atoms with Crippen molar-refractivity contribution in [1.82, 2.24) is 5.16 Å². The van der Waals surface area contributed by atoms with Crippen LogP contribution in [0.3, 0.4) is 0 Å². The summed E-state index contributed by atoms with van der Waals surface area (Å²) in [5.41, 5.74) is 0.759. The number of phenolic OH excluding ortho intramolecular Hbond substituents is 1. The minimum absolute atomic E-state index is 0.0824. The van der Waals surface area contributed by atoms with E-state index < -0.39 is 5.97 Å². The number of nitrogens with zero attached hydrogens (tertiary/aromatic N) is 1. The molecular formula is C12H7NO4S. The molecule has 2 aromatic heterocycles. The van der Waals surface area contributed by atoms with E-state index >= 15 is 0 Å². The summed E-state index contributed by atoms with van der Waals surface area (Å²) in [6, 6.07) is 6.63. The Morgan fingerprint density at radius 3 is 2.89 bits per heavy atom. The molecule has 0 saturated carbocycles. The Bertz CT molecular complexity index is 743. The van der Waals surface area contributed by atoms with Gasteiger partial charge in [-0.3, -0.25) is 0 Å². The topological polar surface area (TPSA) is 83.6 Å². The zero-order valence-corrected chi connectivity index (χ0v) is 9.77. The first kappa shape index (κ1) is 10.8. The molecule has 0 saturated heterocycles. The van der Waals surface area contributed by atoms with Crippen molar-refractivity contribution in [2.24, 2.45) is 0 Å². The van der Waals surface area contributed by atoms with Crippen LogP contribution < -0.4 is 0 Å². The van der Waals surface area contributed by atoms with Gasteiger partial charge in [0.25, 0.3) is 0 Å². The highest BCUT2D eigenvalue weighted by molar-refractivity contribution is 7.17. The smallest absolute Gasteiger partial charge is 0.374 e. The van der Waals surface area contributed by atoms with Gasteiger partial charge in [-0.2, -0.15) is 0 Å². The zero-order valence-electron chi connectivity index (χ0n) is 8.95. The van der Waals surface area contributed by atoms with Crippen molar-refractivity contribution in [3.05, 3.63) is 35.4 Å². The Kier molecular flexibility index (Phi) is 2.31. The summed E-state index contributed by atoms with van der Waals surface area (Å²) in [5.74, 6) is -1.36. The third-order valence-corrected chi connectivity index (χ3v) is 3.49. The third kappa shape index (κ3) is 1.54. The van der Waals surface area contributed by atoms with Crippen LogP contribution in [-0.4, -0.2) is 21.3 Å². The number of hydrogen-bond acceptors (Lipinski definition) is 5.